The number of hydrogen-bond donors (Lipinski definition) is 1. The lowest BCUT2D eigenvalue weighted by atomic mass is 10.1. The van der Waals surface area contributed by atoms with Crippen LogP contribution in [0.5, 0.6) is 0 Å². The Morgan fingerprint density at radius 1 is 1.29 bits per heavy atom. The Balaban J connectivity index is 2.07. The van der Waals surface area contributed by atoms with Crippen LogP contribution in [-0.2, 0) is 23.9 Å². The molecule has 150 valence electrons. The molecule has 0 radical (unpaired) electrons. The smallest absolute Gasteiger partial charge is 0.329 e. The number of ether oxygens (including phenoxy) is 1. The Labute approximate surface area is 167 Å². The minimum absolute atomic E-state index is 0.0101. The number of carboxylic acid groups (broad SMARTS) is 1. The van der Waals surface area contributed by atoms with Gasteiger partial charge in [0.15, 0.2) is 0 Å². The fourth-order valence-corrected chi connectivity index (χ4v) is 3.09. The van der Waals surface area contributed by atoms with E-state index in [1.807, 2.05) is 0 Å². The Kier molecular flexibility index (Phi) is 7.57. The van der Waals surface area contributed by atoms with Crippen molar-refractivity contribution in [3.05, 3.63) is 40.9 Å². The first-order valence-corrected chi connectivity index (χ1v) is 9.01. The van der Waals surface area contributed by atoms with Gasteiger partial charge in [-0.05, 0) is 23.8 Å². The van der Waals surface area contributed by atoms with Crippen molar-refractivity contribution < 1.29 is 29.0 Å². The van der Waals surface area contributed by atoms with Crippen LogP contribution in [0.3, 0.4) is 0 Å². The topological polar surface area (TPSA) is 104 Å². The van der Waals surface area contributed by atoms with Crippen LogP contribution in [-0.4, -0.2) is 71.4 Å². The average molecular weight is 409 g/mol. The van der Waals surface area contributed by atoms with Crippen molar-refractivity contribution in [3.8, 4) is 0 Å². The molecular formula is C19H21ClN2O6. The Morgan fingerprint density at radius 2 is 2.04 bits per heavy atom. The molecule has 1 aromatic rings. The van der Waals surface area contributed by atoms with Crippen molar-refractivity contribution >= 4 is 41.4 Å². The van der Waals surface area contributed by atoms with E-state index in [0.717, 1.165) is 12.7 Å². The van der Waals surface area contributed by atoms with Gasteiger partial charge in [0.1, 0.15) is 6.04 Å². The van der Waals surface area contributed by atoms with Crippen molar-refractivity contribution in [1.29, 1.82) is 0 Å². The van der Waals surface area contributed by atoms with Gasteiger partial charge in [0, 0.05) is 37.2 Å². The Bertz CT molecular complexity index is 794. The van der Waals surface area contributed by atoms with E-state index in [1.165, 1.54) is 15.9 Å². The highest BCUT2D eigenvalue weighted by Crippen LogP contribution is 2.15. The predicted octanol–water partition coefficient (Wildman–Crippen LogP) is 1.43. The number of rotatable bonds is 6. The van der Waals surface area contributed by atoms with E-state index in [9.17, 15) is 19.2 Å². The Hall–Kier alpha value is -2.87. The molecule has 0 bridgehead atoms. The number of esters is 1. The van der Waals surface area contributed by atoms with Gasteiger partial charge >= 0.3 is 11.9 Å². The lowest BCUT2D eigenvalue weighted by molar-refractivity contribution is -0.156. The second-order valence-electron chi connectivity index (χ2n) is 6.19. The molecule has 2 rings (SSSR count). The zero-order valence-electron chi connectivity index (χ0n) is 15.3. The first kappa shape index (κ1) is 21.4. The monoisotopic (exact) mass is 408 g/mol. The van der Waals surface area contributed by atoms with Gasteiger partial charge in [-0.25, -0.2) is 4.79 Å². The molecule has 8 nitrogen and oxygen atoms in total. The molecule has 1 N–H and O–H groups in total. The standard InChI is InChI=1S/C19H21ClN2O6/c1-28-19(27)15(12-18(25)26)22-10-9-21(8-7-17(22)24)16(23)6-5-13-3-2-4-14(20)11-13/h2-6,11,15H,7-10,12H2,1H3,(H,25,26). The molecule has 1 aliphatic heterocycles. The van der Waals surface area contributed by atoms with Gasteiger partial charge < -0.3 is 19.6 Å². The number of methoxy groups -OCH3 is 1. The number of amides is 2. The van der Waals surface area contributed by atoms with Gasteiger partial charge in [-0.3, -0.25) is 14.4 Å². The van der Waals surface area contributed by atoms with Crippen molar-refractivity contribution in [1.82, 2.24) is 9.80 Å². The third-order valence-electron chi connectivity index (χ3n) is 4.32. The van der Waals surface area contributed by atoms with Gasteiger partial charge in [0.05, 0.1) is 13.5 Å². The van der Waals surface area contributed by atoms with E-state index >= 15 is 0 Å². The maximum Gasteiger partial charge on any atom is 0.329 e. The number of halogens is 1. The summed E-state index contributed by atoms with van der Waals surface area (Å²) >= 11 is 5.91. The summed E-state index contributed by atoms with van der Waals surface area (Å²) in [4.78, 5) is 50.5. The molecule has 2 amide bonds. The minimum Gasteiger partial charge on any atom is -0.481 e. The fraction of sp³-hybridized carbons (Fsp3) is 0.368. The molecule has 0 aromatic heterocycles. The van der Waals surface area contributed by atoms with Crippen molar-refractivity contribution in [2.24, 2.45) is 0 Å². The summed E-state index contributed by atoms with van der Waals surface area (Å²) in [7, 11) is 1.13. The molecule has 28 heavy (non-hydrogen) atoms. The summed E-state index contributed by atoms with van der Waals surface area (Å²) < 4.78 is 4.63. The van der Waals surface area contributed by atoms with Crippen molar-refractivity contribution in [3.63, 3.8) is 0 Å². The molecule has 1 aromatic carbocycles. The van der Waals surface area contributed by atoms with Gasteiger partial charge in [-0.1, -0.05) is 23.7 Å². The van der Waals surface area contributed by atoms with Crippen LogP contribution in [0.2, 0.25) is 5.02 Å². The van der Waals surface area contributed by atoms with Crippen LogP contribution in [0.25, 0.3) is 6.08 Å². The molecule has 0 saturated carbocycles. The largest absolute Gasteiger partial charge is 0.481 e. The average Bonchev–Trinajstić information content (AvgIpc) is 2.85. The lowest BCUT2D eigenvalue weighted by Crippen LogP contribution is -2.47. The molecule has 1 saturated heterocycles. The SMILES string of the molecule is COC(=O)C(CC(=O)O)N1CCN(C(=O)C=Cc2cccc(Cl)c2)CCC1=O. The number of aliphatic carboxylic acids is 1. The third-order valence-corrected chi connectivity index (χ3v) is 4.56. The highest BCUT2D eigenvalue weighted by molar-refractivity contribution is 6.30. The molecule has 1 unspecified atom stereocenters. The normalized spacial score (nSPS) is 16.0. The van der Waals surface area contributed by atoms with E-state index in [1.54, 1.807) is 30.3 Å². The van der Waals surface area contributed by atoms with E-state index in [0.29, 0.717) is 5.02 Å². The molecule has 9 heteroatoms. The highest BCUT2D eigenvalue weighted by Gasteiger charge is 2.34. The van der Waals surface area contributed by atoms with E-state index in [-0.39, 0.29) is 32.0 Å². The molecular weight excluding hydrogens is 388 g/mol. The Morgan fingerprint density at radius 3 is 2.68 bits per heavy atom. The number of hydrogen-bond acceptors (Lipinski definition) is 5. The summed E-state index contributed by atoms with van der Waals surface area (Å²) in [5.41, 5.74) is 0.764. The minimum atomic E-state index is -1.22. The summed E-state index contributed by atoms with van der Waals surface area (Å²) in [5, 5.41) is 9.58. The molecule has 1 aliphatic rings. The molecule has 1 atom stereocenters. The van der Waals surface area contributed by atoms with Gasteiger partial charge in [0.25, 0.3) is 0 Å². The molecule has 1 fully saturated rings. The second-order valence-corrected chi connectivity index (χ2v) is 6.62. The van der Waals surface area contributed by atoms with Crippen LogP contribution in [0.15, 0.2) is 30.3 Å². The second kappa shape index (κ2) is 9.89. The van der Waals surface area contributed by atoms with Crippen molar-refractivity contribution in [2.75, 3.05) is 26.7 Å². The van der Waals surface area contributed by atoms with Crippen LogP contribution >= 0.6 is 11.6 Å². The lowest BCUT2D eigenvalue weighted by Gasteiger charge is -2.27. The quantitative estimate of drug-likeness (QED) is 0.564. The van der Waals surface area contributed by atoms with E-state index in [2.05, 4.69) is 4.74 Å². The number of carbonyl (C=O) groups is 4. The van der Waals surface area contributed by atoms with Crippen molar-refractivity contribution in [2.45, 2.75) is 18.9 Å². The third kappa shape index (κ3) is 5.82. The molecule has 1 heterocycles. The van der Waals surface area contributed by atoms with Crippen LogP contribution in [0, 0.1) is 0 Å². The summed E-state index contributed by atoms with van der Waals surface area (Å²) in [6.07, 6.45) is 2.45. The molecule has 0 spiro atoms. The summed E-state index contributed by atoms with van der Waals surface area (Å²) in [5.74, 6) is -2.70. The predicted molar refractivity (Wildman–Crippen MR) is 101 cm³/mol. The molecule has 0 aliphatic carbocycles. The van der Waals surface area contributed by atoms with E-state index in [4.69, 9.17) is 16.7 Å². The summed E-state index contributed by atoms with van der Waals surface area (Å²) in [6.45, 7) is 0.398. The maximum atomic E-state index is 12.5. The number of nitrogens with zero attached hydrogens (tertiary/aromatic N) is 2. The first-order chi connectivity index (χ1) is 13.3. The van der Waals surface area contributed by atoms with Gasteiger partial charge in [0.2, 0.25) is 11.8 Å². The van der Waals surface area contributed by atoms with Gasteiger partial charge in [-0.2, -0.15) is 0 Å². The van der Waals surface area contributed by atoms with Crippen LogP contribution < -0.4 is 0 Å². The number of carboxylic acids is 1. The fourth-order valence-electron chi connectivity index (χ4n) is 2.89. The van der Waals surface area contributed by atoms with Crippen LogP contribution in [0.4, 0.5) is 0 Å². The van der Waals surface area contributed by atoms with Gasteiger partial charge in [-0.15, -0.1) is 0 Å². The zero-order valence-corrected chi connectivity index (χ0v) is 16.1. The number of carbonyl (C=O) groups excluding carboxylic acids is 3. The van der Waals surface area contributed by atoms with E-state index < -0.39 is 30.3 Å². The van der Waals surface area contributed by atoms with Crippen LogP contribution in [0.1, 0.15) is 18.4 Å². The maximum absolute atomic E-state index is 12.5. The number of benzene rings is 1. The first-order valence-electron chi connectivity index (χ1n) is 8.63. The zero-order chi connectivity index (χ0) is 20.7. The summed E-state index contributed by atoms with van der Waals surface area (Å²) in [6, 6.07) is 5.80. The highest BCUT2D eigenvalue weighted by atomic mass is 35.5.